The molecule has 0 atom stereocenters. The second kappa shape index (κ2) is 17.4. The summed E-state index contributed by atoms with van der Waals surface area (Å²) in [5, 5.41) is 2.85. The van der Waals surface area contributed by atoms with Crippen molar-refractivity contribution in [2.75, 3.05) is 13.1 Å². The number of carbonyl (C=O) groups excluding carboxylic acids is 1. The first kappa shape index (κ1) is 23.5. The minimum absolute atomic E-state index is 0.109. The van der Waals surface area contributed by atoms with Crippen molar-refractivity contribution in [3.05, 3.63) is 0 Å². The lowest BCUT2D eigenvalue weighted by Gasteiger charge is -2.16. The summed E-state index contributed by atoms with van der Waals surface area (Å²) in [5.41, 5.74) is 5.14. The molecule has 0 rings (SSSR count). The molecule has 19 heavy (non-hydrogen) atoms. The first-order chi connectivity index (χ1) is 8.78. The van der Waals surface area contributed by atoms with Gasteiger partial charge in [-0.25, -0.2) is 0 Å². The molecule has 0 aromatic carbocycles. The van der Waals surface area contributed by atoms with Crippen LogP contribution in [-0.4, -0.2) is 19.0 Å². The van der Waals surface area contributed by atoms with E-state index in [0.717, 1.165) is 25.9 Å². The topological polar surface area (TPSA) is 55.1 Å². The molecule has 0 spiro atoms. The summed E-state index contributed by atoms with van der Waals surface area (Å²) in [6.07, 6.45) is 5.36. The maximum Gasteiger partial charge on any atom is 0.220 e. The Morgan fingerprint density at radius 3 is 1.58 bits per heavy atom. The second-order valence-electron chi connectivity index (χ2n) is 5.88. The summed E-state index contributed by atoms with van der Waals surface area (Å²) in [6.45, 7) is 16.3. The lowest BCUT2D eigenvalue weighted by atomic mass is 9.92. The van der Waals surface area contributed by atoms with E-state index in [9.17, 15) is 4.79 Å². The fourth-order valence-corrected chi connectivity index (χ4v) is 0.809. The van der Waals surface area contributed by atoms with Gasteiger partial charge in [-0.2, -0.15) is 0 Å². The van der Waals surface area contributed by atoms with Gasteiger partial charge in [0.1, 0.15) is 0 Å². The number of amides is 1. The van der Waals surface area contributed by atoms with Crippen LogP contribution in [0, 0.1) is 5.41 Å². The third kappa shape index (κ3) is 38.1. The molecule has 0 saturated carbocycles. The van der Waals surface area contributed by atoms with Crippen molar-refractivity contribution in [3.63, 3.8) is 0 Å². The summed E-state index contributed by atoms with van der Waals surface area (Å²) in [4.78, 5) is 11.1. The van der Waals surface area contributed by atoms with Crippen molar-refractivity contribution in [3.8, 4) is 0 Å². The van der Waals surface area contributed by atoms with Gasteiger partial charge in [-0.05, 0) is 24.8 Å². The predicted octanol–water partition coefficient (Wildman–Crippen LogP) is 4.11. The second-order valence-corrected chi connectivity index (χ2v) is 5.88. The highest BCUT2D eigenvalue weighted by atomic mass is 16.1. The number of nitrogens with two attached hydrogens (primary N) is 1. The van der Waals surface area contributed by atoms with Gasteiger partial charge in [-0.15, -0.1) is 0 Å². The van der Waals surface area contributed by atoms with Gasteiger partial charge in [0.05, 0.1) is 0 Å². The first-order valence-corrected chi connectivity index (χ1v) is 7.75. The van der Waals surface area contributed by atoms with Crippen LogP contribution < -0.4 is 11.1 Å². The van der Waals surface area contributed by atoms with Crippen LogP contribution in [0.3, 0.4) is 0 Å². The van der Waals surface area contributed by atoms with E-state index in [1.54, 1.807) is 0 Å². The number of rotatable bonds is 5. The lowest BCUT2D eigenvalue weighted by Crippen LogP contribution is -2.27. The van der Waals surface area contributed by atoms with Crippen LogP contribution in [0.25, 0.3) is 0 Å². The SMILES string of the molecule is CCCC.CCCN.CCCNC(=O)CC(C)(C)C. The Kier molecular flexibility index (Phi) is 21.6. The van der Waals surface area contributed by atoms with Crippen molar-refractivity contribution < 1.29 is 4.79 Å². The Bertz CT molecular complexity index is 166. The van der Waals surface area contributed by atoms with Crippen molar-refractivity contribution >= 4 is 5.91 Å². The number of hydrogen-bond acceptors (Lipinski definition) is 2. The van der Waals surface area contributed by atoms with Gasteiger partial charge in [0.15, 0.2) is 0 Å². The van der Waals surface area contributed by atoms with Gasteiger partial charge in [-0.1, -0.05) is 61.3 Å². The minimum atomic E-state index is 0.109. The van der Waals surface area contributed by atoms with Gasteiger partial charge in [-0.3, -0.25) is 4.79 Å². The highest BCUT2D eigenvalue weighted by molar-refractivity contribution is 5.76. The average molecular weight is 274 g/mol. The van der Waals surface area contributed by atoms with Crippen molar-refractivity contribution in [1.82, 2.24) is 5.32 Å². The van der Waals surface area contributed by atoms with Crippen LogP contribution in [0.2, 0.25) is 0 Å². The van der Waals surface area contributed by atoms with E-state index in [0.29, 0.717) is 6.42 Å². The molecule has 3 nitrogen and oxygen atoms in total. The molecule has 0 unspecified atom stereocenters. The van der Waals surface area contributed by atoms with Crippen molar-refractivity contribution in [2.45, 2.75) is 80.6 Å². The largest absolute Gasteiger partial charge is 0.356 e. The molecular formula is C16H38N2O. The molecule has 0 radical (unpaired) electrons. The summed E-state index contributed by atoms with van der Waals surface area (Å²) >= 11 is 0. The molecule has 0 heterocycles. The zero-order chi connectivity index (χ0) is 15.7. The molecule has 0 fully saturated rings. The molecule has 3 N–H and O–H groups in total. The molecule has 0 aliphatic rings. The number of hydrogen-bond donors (Lipinski definition) is 2. The quantitative estimate of drug-likeness (QED) is 0.792. The summed E-state index contributed by atoms with van der Waals surface area (Å²) in [6, 6.07) is 0. The monoisotopic (exact) mass is 274 g/mol. The van der Waals surface area contributed by atoms with E-state index in [-0.39, 0.29) is 11.3 Å². The molecule has 0 aliphatic carbocycles. The highest BCUT2D eigenvalue weighted by Crippen LogP contribution is 2.17. The molecule has 1 amide bonds. The Labute approximate surface area is 121 Å². The molecule has 0 aromatic rings. The van der Waals surface area contributed by atoms with Gasteiger partial charge in [0.25, 0.3) is 0 Å². The molecule has 3 heteroatoms. The lowest BCUT2D eigenvalue weighted by molar-refractivity contribution is -0.122. The van der Waals surface area contributed by atoms with E-state index < -0.39 is 0 Å². The zero-order valence-electron chi connectivity index (χ0n) is 14.4. The maximum absolute atomic E-state index is 11.1. The number of unbranched alkanes of at least 4 members (excludes halogenated alkanes) is 1. The van der Waals surface area contributed by atoms with E-state index in [1.807, 2.05) is 0 Å². The maximum atomic E-state index is 11.1. The predicted molar refractivity (Wildman–Crippen MR) is 87.3 cm³/mol. The standard InChI is InChI=1S/C9H19NO.C4H10.C3H9N/c1-5-6-10-8(11)7-9(2,3)4;1-3-4-2;1-2-3-4/h5-7H2,1-4H3,(H,10,11);3-4H2,1-2H3;2-4H2,1H3. The van der Waals surface area contributed by atoms with Crippen LogP contribution in [0.4, 0.5) is 0 Å². The zero-order valence-corrected chi connectivity index (χ0v) is 14.4. The van der Waals surface area contributed by atoms with E-state index in [1.165, 1.54) is 12.8 Å². The van der Waals surface area contributed by atoms with E-state index >= 15 is 0 Å². The van der Waals surface area contributed by atoms with E-state index in [4.69, 9.17) is 5.73 Å². The summed E-state index contributed by atoms with van der Waals surface area (Å²) < 4.78 is 0. The molecule has 118 valence electrons. The third-order valence-electron chi connectivity index (χ3n) is 2.05. The average Bonchev–Trinajstić information content (AvgIpc) is 2.35. The Balaban J connectivity index is -0.000000264. The third-order valence-corrected chi connectivity index (χ3v) is 2.05. The molecular weight excluding hydrogens is 236 g/mol. The van der Waals surface area contributed by atoms with Crippen molar-refractivity contribution in [2.24, 2.45) is 11.1 Å². The minimum Gasteiger partial charge on any atom is -0.356 e. The van der Waals surface area contributed by atoms with Gasteiger partial charge < -0.3 is 11.1 Å². The van der Waals surface area contributed by atoms with E-state index in [2.05, 4.69) is 53.8 Å². The Hall–Kier alpha value is -0.570. The fourth-order valence-electron chi connectivity index (χ4n) is 0.809. The normalized spacial score (nSPS) is 9.68. The molecule has 0 aromatic heterocycles. The fraction of sp³-hybridized carbons (Fsp3) is 0.938. The summed E-state index contributed by atoms with van der Waals surface area (Å²) in [7, 11) is 0. The summed E-state index contributed by atoms with van der Waals surface area (Å²) in [5.74, 6) is 0.166. The molecule has 0 aliphatic heterocycles. The van der Waals surface area contributed by atoms with Crippen LogP contribution in [-0.2, 0) is 4.79 Å². The van der Waals surface area contributed by atoms with Crippen LogP contribution >= 0.6 is 0 Å². The highest BCUT2D eigenvalue weighted by Gasteiger charge is 2.14. The van der Waals surface area contributed by atoms with Crippen LogP contribution in [0.15, 0.2) is 0 Å². The van der Waals surface area contributed by atoms with Gasteiger partial charge >= 0.3 is 0 Å². The molecule has 0 bridgehead atoms. The van der Waals surface area contributed by atoms with Gasteiger partial charge in [0.2, 0.25) is 5.91 Å². The van der Waals surface area contributed by atoms with Gasteiger partial charge in [0, 0.05) is 13.0 Å². The van der Waals surface area contributed by atoms with Crippen LogP contribution in [0.5, 0.6) is 0 Å². The Morgan fingerprint density at radius 2 is 1.37 bits per heavy atom. The number of nitrogens with one attached hydrogen (secondary N) is 1. The van der Waals surface area contributed by atoms with Crippen LogP contribution in [0.1, 0.15) is 80.6 Å². The molecule has 0 saturated heterocycles. The Morgan fingerprint density at radius 1 is 0.947 bits per heavy atom. The van der Waals surface area contributed by atoms with Crippen molar-refractivity contribution in [1.29, 1.82) is 0 Å². The number of carbonyl (C=O) groups is 1. The first-order valence-electron chi connectivity index (χ1n) is 7.75. The smallest absolute Gasteiger partial charge is 0.220 e.